The quantitative estimate of drug-likeness (QED) is 0.791. The van der Waals surface area contributed by atoms with Crippen molar-refractivity contribution in [1.29, 1.82) is 0 Å². The number of hydrogen-bond acceptors (Lipinski definition) is 5. The standard InChI is InChI=1S/C11H16N4OS/c16-10-2-1-5-15(10)9-3-6-14(7-4-9)11-13-12-8-17-11/h8-9H,1-7H2. The van der Waals surface area contributed by atoms with Gasteiger partial charge in [-0.3, -0.25) is 4.79 Å². The molecule has 3 heterocycles. The number of aromatic nitrogens is 2. The summed E-state index contributed by atoms with van der Waals surface area (Å²) in [4.78, 5) is 16.0. The van der Waals surface area contributed by atoms with E-state index in [9.17, 15) is 4.79 Å². The van der Waals surface area contributed by atoms with Crippen molar-refractivity contribution in [2.45, 2.75) is 31.7 Å². The van der Waals surface area contributed by atoms with Crippen molar-refractivity contribution in [2.24, 2.45) is 0 Å². The van der Waals surface area contributed by atoms with E-state index in [2.05, 4.69) is 20.0 Å². The summed E-state index contributed by atoms with van der Waals surface area (Å²) in [6, 6.07) is 0.453. The van der Waals surface area contributed by atoms with Crippen LogP contribution in [-0.2, 0) is 4.79 Å². The Bertz CT molecular complexity index is 386. The Morgan fingerprint density at radius 3 is 2.71 bits per heavy atom. The highest BCUT2D eigenvalue weighted by Crippen LogP contribution is 2.25. The molecule has 2 saturated heterocycles. The number of rotatable bonds is 2. The summed E-state index contributed by atoms with van der Waals surface area (Å²) in [6.07, 6.45) is 3.91. The molecule has 92 valence electrons. The van der Waals surface area contributed by atoms with E-state index in [-0.39, 0.29) is 0 Å². The molecule has 6 heteroatoms. The van der Waals surface area contributed by atoms with E-state index in [1.807, 2.05) is 0 Å². The molecule has 2 fully saturated rings. The third kappa shape index (κ3) is 2.13. The Morgan fingerprint density at radius 2 is 2.12 bits per heavy atom. The van der Waals surface area contributed by atoms with E-state index in [4.69, 9.17) is 0 Å². The molecule has 0 bridgehead atoms. The first-order chi connectivity index (χ1) is 8.34. The highest BCUT2D eigenvalue weighted by Gasteiger charge is 2.31. The second kappa shape index (κ2) is 4.60. The maximum Gasteiger partial charge on any atom is 0.222 e. The molecule has 0 radical (unpaired) electrons. The molecule has 1 amide bonds. The fourth-order valence-electron chi connectivity index (χ4n) is 2.73. The molecule has 1 aromatic heterocycles. The maximum absolute atomic E-state index is 11.7. The zero-order chi connectivity index (χ0) is 11.7. The Labute approximate surface area is 104 Å². The second-order valence-corrected chi connectivity index (χ2v) is 5.44. The predicted molar refractivity (Wildman–Crippen MR) is 66.1 cm³/mol. The van der Waals surface area contributed by atoms with Crippen LogP contribution in [0.4, 0.5) is 5.13 Å². The van der Waals surface area contributed by atoms with Gasteiger partial charge < -0.3 is 9.80 Å². The number of likely N-dealkylation sites (tertiary alicyclic amines) is 1. The van der Waals surface area contributed by atoms with Crippen LogP contribution in [0.1, 0.15) is 25.7 Å². The van der Waals surface area contributed by atoms with Gasteiger partial charge in [-0.2, -0.15) is 0 Å². The minimum absolute atomic E-state index is 0.347. The summed E-state index contributed by atoms with van der Waals surface area (Å²) in [5.74, 6) is 0.347. The number of anilines is 1. The summed E-state index contributed by atoms with van der Waals surface area (Å²) in [5, 5.41) is 8.97. The zero-order valence-corrected chi connectivity index (χ0v) is 10.5. The lowest BCUT2D eigenvalue weighted by atomic mass is 10.0. The SMILES string of the molecule is O=C1CCCN1C1CCN(c2nncs2)CC1. The molecule has 5 nitrogen and oxygen atoms in total. The number of piperidine rings is 1. The fourth-order valence-corrected chi connectivity index (χ4v) is 3.34. The van der Waals surface area contributed by atoms with Crippen molar-refractivity contribution >= 4 is 22.4 Å². The van der Waals surface area contributed by atoms with Gasteiger partial charge in [-0.05, 0) is 19.3 Å². The van der Waals surface area contributed by atoms with Crippen LogP contribution in [0.2, 0.25) is 0 Å². The van der Waals surface area contributed by atoms with Gasteiger partial charge in [-0.25, -0.2) is 0 Å². The molecule has 0 spiro atoms. The smallest absolute Gasteiger partial charge is 0.222 e. The largest absolute Gasteiger partial charge is 0.347 e. The van der Waals surface area contributed by atoms with Crippen molar-refractivity contribution < 1.29 is 4.79 Å². The van der Waals surface area contributed by atoms with Gasteiger partial charge in [0.05, 0.1) is 0 Å². The molecule has 0 aliphatic carbocycles. The second-order valence-electron chi connectivity index (χ2n) is 4.63. The van der Waals surface area contributed by atoms with Gasteiger partial charge in [0.2, 0.25) is 11.0 Å². The lowest BCUT2D eigenvalue weighted by Crippen LogP contribution is -2.45. The average Bonchev–Trinajstić information content (AvgIpc) is 3.00. The third-order valence-electron chi connectivity index (χ3n) is 3.63. The Hall–Kier alpha value is -1.17. The normalized spacial score (nSPS) is 22.5. The van der Waals surface area contributed by atoms with Crippen LogP contribution < -0.4 is 4.90 Å². The molecule has 0 unspecified atom stereocenters. The van der Waals surface area contributed by atoms with Gasteiger partial charge in [-0.15, -0.1) is 10.2 Å². The van der Waals surface area contributed by atoms with Crippen molar-refractivity contribution in [1.82, 2.24) is 15.1 Å². The van der Waals surface area contributed by atoms with Crippen molar-refractivity contribution in [2.75, 3.05) is 24.5 Å². The molecule has 2 aliphatic heterocycles. The Kier molecular flexibility index (Phi) is 2.96. The molecule has 0 saturated carbocycles. The van der Waals surface area contributed by atoms with Crippen LogP contribution in [0, 0.1) is 0 Å². The number of hydrogen-bond donors (Lipinski definition) is 0. The van der Waals surface area contributed by atoms with Crippen LogP contribution in [0.25, 0.3) is 0 Å². The van der Waals surface area contributed by atoms with Crippen molar-refractivity contribution in [3.63, 3.8) is 0 Å². The van der Waals surface area contributed by atoms with E-state index in [0.717, 1.165) is 50.4 Å². The summed E-state index contributed by atoms with van der Waals surface area (Å²) < 4.78 is 0. The van der Waals surface area contributed by atoms with E-state index < -0.39 is 0 Å². The Morgan fingerprint density at radius 1 is 1.29 bits per heavy atom. The molecule has 1 aromatic rings. The maximum atomic E-state index is 11.7. The van der Waals surface area contributed by atoms with Gasteiger partial charge in [0, 0.05) is 32.1 Å². The summed E-state index contributed by atoms with van der Waals surface area (Å²) >= 11 is 1.59. The number of carbonyl (C=O) groups excluding carboxylic acids is 1. The van der Waals surface area contributed by atoms with Crippen LogP contribution >= 0.6 is 11.3 Å². The highest BCUT2D eigenvalue weighted by atomic mass is 32.1. The molecular formula is C11H16N4OS. The van der Waals surface area contributed by atoms with Crippen LogP contribution in [-0.4, -0.2) is 46.7 Å². The van der Waals surface area contributed by atoms with Crippen LogP contribution in [0.15, 0.2) is 5.51 Å². The van der Waals surface area contributed by atoms with Gasteiger partial charge in [0.15, 0.2) is 0 Å². The van der Waals surface area contributed by atoms with Gasteiger partial charge in [0.25, 0.3) is 0 Å². The molecule has 0 N–H and O–H groups in total. The van der Waals surface area contributed by atoms with Gasteiger partial charge >= 0.3 is 0 Å². The highest BCUT2D eigenvalue weighted by molar-refractivity contribution is 7.13. The summed E-state index contributed by atoms with van der Waals surface area (Å²) in [7, 11) is 0. The lowest BCUT2D eigenvalue weighted by Gasteiger charge is -2.36. The molecule has 3 rings (SSSR count). The first kappa shape index (κ1) is 11.0. The van der Waals surface area contributed by atoms with Gasteiger partial charge in [-0.1, -0.05) is 11.3 Å². The third-order valence-corrected chi connectivity index (χ3v) is 4.38. The summed E-state index contributed by atoms with van der Waals surface area (Å²) in [5.41, 5.74) is 1.77. The molecular weight excluding hydrogens is 236 g/mol. The van der Waals surface area contributed by atoms with E-state index in [1.54, 1.807) is 16.8 Å². The van der Waals surface area contributed by atoms with E-state index in [0.29, 0.717) is 11.9 Å². The monoisotopic (exact) mass is 252 g/mol. The van der Waals surface area contributed by atoms with Crippen LogP contribution in [0.5, 0.6) is 0 Å². The van der Waals surface area contributed by atoms with Crippen molar-refractivity contribution in [3.05, 3.63) is 5.51 Å². The first-order valence-electron chi connectivity index (χ1n) is 6.15. The Balaban J connectivity index is 1.59. The summed E-state index contributed by atoms with van der Waals surface area (Å²) in [6.45, 7) is 2.94. The average molecular weight is 252 g/mol. The number of nitrogens with zero attached hydrogens (tertiary/aromatic N) is 4. The predicted octanol–water partition coefficient (Wildman–Crippen LogP) is 1.13. The minimum atomic E-state index is 0.347. The molecule has 0 aromatic carbocycles. The fraction of sp³-hybridized carbons (Fsp3) is 0.727. The molecule has 17 heavy (non-hydrogen) atoms. The minimum Gasteiger partial charge on any atom is -0.347 e. The lowest BCUT2D eigenvalue weighted by molar-refractivity contribution is -0.130. The number of amides is 1. The first-order valence-corrected chi connectivity index (χ1v) is 7.03. The van der Waals surface area contributed by atoms with Crippen molar-refractivity contribution in [3.8, 4) is 0 Å². The zero-order valence-electron chi connectivity index (χ0n) is 9.71. The van der Waals surface area contributed by atoms with E-state index in [1.165, 1.54) is 0 Å². The van der Waals surface area contributed by atoms with Gasteiger partial charge in [0.1, 0.15) is 5.51 Å². The van der Waals surface area contributed by atoms with Crippen LogP contribution in [0.3, 0.4) is 0 Å². The topological polar surface area (TPSA) is 49.3 Å². The molecule has 0 atom stereocenters. The van der Waals surface area contributed by atoms with E-state index >= 15 is 0 Å². The number of carbonyl (C=O) groups is 1. The molecule has 2 aliphatic rings.